The van der Waals surface area contributed by atoms with Gasteiger partial charge in [0.25, 0.3) is 5.91 Å². The average molecular weight is 416 g/mol. The number of rotatable bonds is 8. The number of hydrogen-bond donors (Lipinski definition) is 2. The first kappa shape index (κ1) is 20.5. The number of alkyl halides is 2. The van der Waals surface area contributed by atoms with Crippen LogP contribution in [0.15, 0.2) is 72.1 Å². The van der Waals surface area contributed by atoms with Crippen molar-refractivity contribution in [2.45, 2.75) is 19.2 Å². The summed E-state index contributed by atoms with van der Waals surface area (Å²) >= 11 is 1.27. The van der Waals surface area contributed by atoms with Gasteiger partial charge in [-0.2, -0.15) is 8.78 Å². The second-order valence-electron chi connectivity index (χ2n) is 6.00. The summed E-state index contributed by atoms with van der Waals surface area (Å²) in [5.74, 6) is -0.847. The van der Waals surface area contributed by atoms with Gasteiger partial charge in [0.1, 0.15) is 11.8 Å². The van der Waals surface area contributed by atoms with Gasteiger partial charge in [-0.3, -0.25) is 9.59 Å². The van der Waals surface area contributed by atoms with Gasteiger partial charge >= 0.3 is 6.61 Å². The number of halogens is 2. The lowest BCUT2D eigenvalue weighted by Crippen LogP contribution is -2.40. The Morgan fingerprint density at radius 2 is 1.69 bits per heavy atom. The number of carbonyl (C=O) groups excluding carboxylic acids is 2. The van der Waals surface area contributed by atoms with Crippen molar-refractivity contribution in [3.05, 3.63) is 88.1 Å². The van der Waals surface area contributed by atoms with Crippen LogP contribution in [0.25, 0.3) is 0 Å². The van der Waals surface area contributed by atoms with Gasteiger partial charge in [0.05, 0.1) is 4.88 Å². The van der Waals surface area contributed by atoms with E-state index in [1.54, 1.807) is 66.0 Å². The minimum Gasteiger partial charge on any atom is -0.434 e. The molecule has 1 heterocycles. The molecule has 0 fully saturated rings. The summed E-state index contributed by atoms with van der Waals surface area (Å²) in [6.45, 7) is -2.99. The van der Waals surface area contributed by atoms with E-state index in [-0.39, 0.29) is 18.2 Å². The first-order chi connectivity index (χ1) is 14.0. The van der Waals surface area contributed by atoms with Crippen molar-refractivity contribution in [1.82, 2.24) is 10.6 Å². The molecule has 0 saturated heterocycles. The quantitative estimate of drug-likeness (QED) is 0.580. The molecule has 150 valence electrons. The summed E-state index contributed by atoms with van der Waals surface area (Å²) in [4.78, 5) is 25.8. The van der Waals surface area contributed by atoms with E-state index in [1.807, 2.05) is 0 Å². The van der Waals surface area contributed by atoms with E-state index < -0.39 is 18.6 Å². The molecule has 8 heteroatoms. The number of ether oxygens (including phenoxy) is 1. The summed E-state index contributed by atoms with van der Waals surface area (Å²) in [5.41, 5.74) is 1.00. The number of carbonyl (C=O) groups is 2. The van der Waals surface area contributed by atoms with E-state index in [1.165, 1.54) is 17.4 Å². The summed E-state index contributed by atoms with van der Waals surface area (Å²) in [5, 5.41) is 7.18. The van der Waals surface area contributed by atoms with E-state index in [0.717, 1.165) is 0 Å². The lowest BCUT2D eigenvalue weighted by Gasteiger charge is -2.19. The van der Waals surface area contributed by atoms with Gasteiger partial charge in [-0.1, -0.05) is 54.6 Å². The SMILES string of the molecule is O=C(NC(C(=O)NCc1ccccc1OC(F)F)c1ccccc1)c1cccs1. The molecule has 3 aromatic rings. The number of amides is 2. The highest BCUT2D eigenvalue weighted by atomic mass is 32.1. The van der Waals surface area contributed by atoms with Crippen molar-refractivity contribution in [2.75, 3.05) is 0 Å². The zero-order valence-corrected chi connectivity index (χ0v) is 16.0. The summed E-state index contributed by atoms with van der Waals surface area (Å²) < 4.78 is 29.6. The maximum absolute atomic E-state index is 12.8. The number of nitrogens with one attached hydrogen (secondary N) is 2. The van der Waals surface area contributed by atoms with Gasteiger partial charge in [-0.05, 0) is 23.1 Å². The van der Waals surface area contributed by atoms with Crippen LogP contribution in [0.1, 0.15) is 26.8 Å². The summed E-state index contributed by atoms with van der Waals surface area (Å²) in [7, 11) is 0. The van der Waals surface area contributed by atoms with Crippen LogP contribution in [0.5, 0.6) is 5.75 Å². The number of benzene rings is 2. The maximum atomic E-state index is 12.8. The highest BCUT2D eigenvalue weighted by Crippen LogP contribution is 2.21. The standard InChI is InChI=1S/C21H18F2N2O3S/c22-21(23)28-16-10-5-4-9-15(16)13-24-20(27)18(14-7-2-1-3-8-14)25-19(26)17-11-6-12-29-17/h1-12,18,21H,13H2,(H,24,27)(H,25,26). The Bertz CT molecular complexity index is 950. The normalized spacial score (nSPS) is 11.7. The van der Waals surface area contributed by atoms with E-state index in [4.69, 9.17) is 0 Å². The van der Waals surface area contributed by atoms with Crippen LogP contribution in [0, 0.1) is 0 Å². The lowest BCUT2D eigenvalue weighted by atomic mass is 10.1. The van der Waals surface area contributed by atoms with Crippen LogP contribution in [-0.2, 0) is 11.3 Å². The fourth-order valence-electron chi connectivity index (χ4n) is 2.70. The minimum absolute atomic E-state index is 0.0123. The fraction of sp³-hybridized carbons (Fsp3) is 0.143. The molecule has 0 aliphatic rings. The van der Waals surface area contributed by atoms with Crippen LogP contribution < -0.4 is 15.4 Å². The highest BCUT2D eigenvalue weighted by Gasteiger charge is 2.24. The molecule has 3 rings (SSSR count). The molecule has 29 heavy (non-hydrogen) atoms. The van der Waals surface area contributed by atoms with E-state index >= 15 is 0 Å². The molecule has 0 radical (unpaired) electrons. The third kappa shape index (κ3) is 5.61. The van der Waals surface area contributed by atoms with Crippen molar-refractivity contribution in [3.63, 3.8) is 0 Å². The Kier molecular flexibility index (Phi) is 6.91. The Morgan fingerprint density at radius 3 is 2.38 bits per heavy atom. The molecule has 0 spiro atoms. The van der Waals surface area contributed by atoms with E-state index in [0.29, 0.717) is 16.0 Å². The van der Waals surface area contributed by atoms with Crippen LogP contribution in [-0.4, -0.2) is 18.4 Å². The molecule has 2 amide bonds. The zero-order valence-electron chi connectivity index (χ0n) is 15.2. The Balaban J connectivity index is 1.74. The molecular formula is C21H18F2N2O3S. The van der Waals surface area contributed by atoms with Crippen LogP contribution in [0.3, 0.4) is 0 Å². The van der Waals surface area contributed by atoms with Gasteiger partial charge < -0.3 is 15.4 Å². The summed E-state index contributed by atoms with van der Waals surface area (Å²) in [6, 6.07) is 17.5. The molecule has 0 aliphatic carbocycles. The smallest absolute Gasteiger partial charge is 0.387 e. The van der Waals surface area contributed by atoms with Crippen LogP contribution in [0.4, 0.5) is 8.78 Å². The van der Waals surface area contributed by atoms with Crippen molar-refractivity contribution in [2.24, 2.45) is 0 Å². The molecule has 2 aromatic carbocycles. The van der Waals surface area contributed by atoms with Crippen molar-refractivity contribution in [1.29, 1.82) is 0 Å². The highest BCUT2D eigenvalue weighted by molar-refractivity contribution is 7.12. The van der Waals surface area contributed by atoms with Crippen LogP contribution >= 0.6 is 11.3 Å². The largest absolute Gasteiger partial charge is 0.434 e. The van der Waals surface area contributed by atoms with Crippen molar-refractivity contribution < 1.29 is 23.1 Å². The van der Waals surface area contributed by atoms with Gasteiger partial charge in [-0.25, -0.2) is 0 Å². The second-order valence-corrected chi connectivity index (χ2v) is 6.95. The van der Waals surface area contributed by atoms with Crippen molar-refractivity contribution >= 4 is 23.2 Å². The Hall–Kier alpha value is -3.26. The first-order valence-corrected chi connectivity index (χ1v) is 9.62. The van der Waals surface area contributed by atoms with Gasteiger partial charge in [0, 0.05) is 12.1 Å². The molecule has 0 bridgehead atoms. The molecule has 1 aromatic heterocycles. The monoisotopic (exact) mass is 416 g/mol. The first-order valence-electron chi connectivity index (χ1n) is 8.74. The van der Waals surface area contributed by atoms with E-state index in [2.05, 4.69) is 15.4 Å². The minimum atomic E-state index is -2.96. The van der Waals surface area contributed by atoms with Gasteiger partial charge in [0.2, 0.25) is 5.91 Å². The van der Waals surface area contributed by atoms with E-state index in [9.17, 15) is 18.4 Å². The van der Waals surface area contributed by atoms with Crippen LogP contribution in [0.2, 0.25) is 0 Å². The summed E-state index contributed by atoms with van der Waals surface area (Å²) in [6.07, 6.45) is 0. The average Bonchev–Trinajstić information content (AvgIpc) is 3.26. The zero-order chi connectivity index (χ0) is 20.6. The molecule has 1 unspecified atom stereocenters. The van der Waals surface area contributed by atoms with Gasteiger partial charge in [-0.15, -0.1) is 11.3 Å². The van der Waals surface area contributed by atoms with Crippen molar-refractivity contribution in [3.8, 4) is 5.75 Å². The third-order valence-electron chi connectivity index (χ3n) is 4.06. The molecule has 0 saturated carbocycles. The Morgan fingerprint density at radius 1 is 0.966 bits per heavy atom. The maximum Gasteiger partial charge on any atom is 0.387 e. The number of thiophene rings is 1. The third-order valence-corrected chi connectivity index (χ3v) is 4.93. The van der Waals surface area contributed by atoms with Gasteiger partial charge in [0.15, 0.2) is 0 Å². The molecule has 5 nitrogen and oxygen atoms in total. The second kappa shape index (κ2) is 9.79. The molecule has 2 N–H and O–H groups in total. The predicted octanol–water partition coefficient (Wildman–Crippen LogP) is 4.14. The number of hydrogen-bond acceptors (Lipinski definition) is 4. The fourth-order valence-corrected chi connectivity index (χ4v) is 3.33. The molecule has 1 atom stereocenters. The topological polar surface area (TPSA) is 67.4 Å². The lowest BCUT2D eigenvalue weighted by molar-refractivity contribution is -0.123. The Labute approximate surface area is 170 Å². The molecule has 0 aliphatic heterocycles. The molecular weight excluding hydrogens is 398 g/mol. The number of para-hydroxylation sites is 1. The predicted molar refractivity (Wildman–Crippen MR) is 106 cm³/mol.